The second kappa shape index (κ2) is 10.1. The monoisotopic (exact) mass is 484 g/mol. The summed E-state index contributed by atoms with van der Waals surface area (Å²) in [5, 5.41) is 16.3. The van der Waals surface area contributed by atoms with E-state index >= 15 is 0 Å². The van der Waals surface area contributed by atoms with Gasteiger partial charge in [0.25, 0.3) is 0 Å². The number of hydrogen-bond donors (Lipinski definition) is 3. The second-order valence-corrected chi connectivity index (χ2v) is 8.75. The summed E-state index contributed by atoms with van der Waals surface area (Å²) in [4.78, 5) is 15.8. The van der Waals surface area contributed by atoms with Gasteiger partial charge in [-0.25, -0.2) is 9.18 Å². The molecule has 2 unspecified atom stereocenters. The number of ether oxygens (including phenoxy) is 2. The number of benzene rings is 3. The molecule has 1 saturated heterocycles. The van der Waals surface area contributed by atoms with Crippen molar-refractivity contribution in [1.29, 1.82) is 5.26 Å². The van der Waals surface area contributed by atoms with Crippen molar-refractivity contribution < 1.29 is 18.7 Å². The maximum atomic E-state index is 13.1. The summed E-state index contributed by atoms with van der Waals surface area (Å²) < 4.78 is 24.5. The third-order valence-electron chi connectivity index (χ3n) is 6.22. The molecule has 3 N–H and O–H groups in total. The molecule has 2 heterocycles. The summed E-state index contributed by atoms with van der Waals surface area (Å²) in [6.07, 6.45) is 0.907. The number of nitrogens with zero attached hydrogens (tertiary/aromatic N) is 1. The highest BCUT2D eigenvalue weighted by Crippen LogP contribution is 2.33. The van der Waals surface area contributed by atoms with E-state index in [1.54, 1.807) is 24.3 Å². The first-order valence-electron chi connectivity index (χ1n) is 11.7. The van der Waals surface area contributed by atoms with Crippen molar-refractivity contribution >= 4 is 22.6 Å². The van der Waals surface area contributed by atoms with Gasteiger partial charge in [0, 0.05) is 23.6 Å². The van der Waals surface area contributed by atoms with Crippen LogP contribution in [0.1, 0.15) is 30.5 Å². The van der Waals surface area contributed by atoms with Crippen LogP contribution in [0.5, 0.6) is 5.75 Å². The molecule has 1 aromatic heterocycles. The molecule has 1 aliphatic heterocycles. The van der Waals surface area contributed by atoms with E-state index in [-0.39, 0.29) is 24.0 Å². The Bertz CT molecular complexity index is 1420. The molecule has 3 aromatic carbocycles. The van der Waals surface area contributed by atoms with E-state index < -0.39 is 0 Å². The predicted molar refractivity (Wildman–Crippen MR) is 135 cm³/mol. The first-order chi connectivity index (χ1) is 17.5. The van der Waals surface area contributed by atoms with Crippen LogP contribution < -0.4 is 15.4 Å². The molecule has 5 rings (SSSR count). The van der Waals surface area contributed by atoms with Crippen LogP contribution in [-0.2, 0) is 4.74 Å². The number of hydrogen-bond acceptors (Lipinski definition) is 4. The van der Waals surface area contributed by atoms with Gasteiger partial charge in [0.05, 0.1) is 36.0 Å². The van der Waals surface area contributed by atoms with Gasteiger partial charge in [-0.2, -0.15) is 5.26 Å². The number of nitriles is 1. The van der Waals surface area contributed by atoms with Crippen molar-refractivity contribution in [2.24, 2.45) is 0 Å². The number of nitrogens with one attached hydrogen (secondary N) is 3. The first kappa shape index (κ1) is 23.4. The summed E-state index contributed by atoms with van der Waals surface area (Å²) >= 11 is 0. The van der Waals surface area contributed by atoms with E-state index in [4.69, 9.17) is 9.47 Å². The van der Waals surface area contributed by atoms with Gasteiger partial charge in [0.1, 0.15) is 23.7 Å². The lowest BCUT2D eigenvalue weighted by Gasteiger charge is -2.15. The van der Waals surface area contributed by atoms with E-state index in [0.717, 1.165) is 34.2 Å². The molecule has 2 amide bonds. The van der Waals surface area contributed by atoms with Gasteiger partial charge in [0.15, 0.2) is 0 Å². The third-order valence-corrected chi connectivity index (χ3v) is 6.22. The number of halogens is 1. The number of rotatable bonds is 6. The Morgan fingerprint density at radius 1 is 1.17 bits per heavy atom. The summed E-state index contributed by atoms with van der Waals surface area (Å²) in [7, 11) is 0. The van der Waals surface area contributed by atoms with Crippen molar-refractivity contribution in [3.8, 4) is 23.1 Å². The molecule has 0 aliphatic carbocycles. The minimum Gasteiger partial charge on any atom is -0.488 e. The number of amides is 2. The fourth-order valence-corrected chi connectivity index (χ4v) is 4.30. The summed E-state index contributed by atoms with van der Waals surface area (Å²) in [6.45, 7) is 3.12. The Hall–Kier alpha value is -4.35. The molecular formula is C28H25FN4O3. The van der Waals surface area contributed by atoms with Crippen LogP contribution in [-0.4, -0.2) is 30.3 Å². The molecule has 0 saturated carbocycles. The van der Waals surface area contributed by atoms with E-state index in [1.807, 2.05) is 37.3 Å². The summed E-state index contributed by atoms with van der Waals surface area (Å²) in [5.41, 5.74) is 4.29. The fraction of sp³-hybridized carbons (Fsp3) is 0.214. The Morgan fingerprint density at radius 2 is 1.94 bits per heavy atom. The Morgan fingerprint density at radius 3 is 2.64 bits per heavy atom. The van der Waals surface area contributed by atoms with Crippen LogP contribution in [0.4, 0.5) is 14.9 Å². The van der Waals surface area contributed by atoms with Crippen molar-refractivity contribution in [3.05, 3.63) is 83.7 Å². The first-order valence-corrected chi connectivity index (χ1v) is 11.7. The van der Waals surface area contributed by atoms with E-state index in [0.29, 0.717) is 30.2 Å². The molecule has 0 spiro atoms. The highest BCUT2D eigenvalue weighted by molar-refractivity contribution is 5.95. The van der Waals surface area contributed by atoms with Crippen LogP contribution in [0.3, 0.4) is 0 Å². The smallest absolute Gasteiger partial charge is 0.319 e. The number of aromatic amines is 1. The zero-order chi connectivity index (χ0) is 25.1. The molecule has 1 aliphatic rings. The van der Waals surface area contributed by atoms with Gasteiger partial charge in [-0.15, -0.1) is 0 Å². The number of fused-ring (bicyclic) bond motifs is 1. The minimum atomic E-state index is -0.372. The summed E-state index contributed by atoms with van der Waals surface area (Å²) in [5.74, 6) is 0.411. The molecule has 1 fully saturated rings. The minimum absolute atomic E-state index is 0.0447. The van der Waals surface area contributed by atoms with E-state index in [2.05, 4.69) is 21.7 Å². The van der Waals surface area contributed by atoms with Crippen LogP contribution in [0, 0.1) is 17.1 Å². The maximum Gasteiger partial charge on any atom is 0.319 e. The predicted octanol–water partition coefficient (Wildman–Crippen LogP) is 5.90. The van der Waals surface area contributed by atoms with Gasteiger partial charge >= 0.3 is 6.03 Å². The Kier molecular flexibility index (Phi) is 6.56. The van der Waals surface area contributed by atoms with Crippen molar-refractivity contribution in [2.75, 3.05) is 18.5 Å². The number of H-pyrrole nitrogens is 1. The SMILES string of the molecule is CC(NC(=O)Nc1ccc(-c2[nH]c3cc(OC4CCOC4)ccc3c2C#N)cc1)c1ccc(F)cc1. The highest BCUT2D eigenvalue weighted by Gasteiger charge is 2.19. The van der Waals surface area contributed by atoms with Gasteiger partial charge < -0.3 is 25.1 Å². The van der Waals surface area contributed by atoms with E-state index in [9.17, 15) is 14.4 Å². The Labute approximate surface area is 207 Å². The van der Waals surface area contributed by atoms with Crippen LogP contribution >= 0.6 is 0 Å². The second-order valence-electron chi connectivity index (χ2n) is 8.75. The molecule has 4 aromatic rings. The largest absolute Gasteiger partial charge is 0.488 e. The highest BCUT2D eigenvalue weighted by atomic mass is 19.1. The molecule has 7 nitrogen and oxygen atoms in total. The maximum absolute atomic E-state index is 13.1. The van der Waals surface area contributed by atoms with Gasteiger partial charge in [0.2, 0.25) is 0 Å². The molecule has 182 valence electrons. The number of carbonyl (C=O) groups is 1. The number of carbonyl (C=O) groups excluding carboxylic acids is 1. The zero-order valence-electron chi connectivity index (χ0n) is 19.7. The van der Waals surface area contributed by atoms with Crippen molar-refractivity contribution in [2.45, 2.75) is 25.5 Å². The average molecular weight is 485 g/mol. The normalized spacial score (nSPS) is 15.9. The quantitative estimate of drug-likeness (QED) is 0.317. The molecule has 8 heteroatoms. The van der Waals surface area contributed by atoms with Crippen LogP contribution in [0.25, 0.3) is 22.2 Å². The lowest BCUT2D eigenvalue weighted by Crippen LogP contribution is -2.31. The van der Waals surface area contributed by atoms with Crippen LogP contribution in [0.2, 0.25) is 0 Å². The summed E-state index contributed by atoms with van der Waals surface area (Å²) in [6, 6.07) is 20.6. The number of urea groups is 1. The number of aromatic nitrogens is 1. The van der Waals surface area contributed by atoms with Gasteiger partial charge in [-0.1, -0.05) is 24.3 Å². The standard InChI is InChI=1S/C28H25FN4O3/c1-17(18-2-6-20(29)7-3-18)31-28(34)32-21-8-4-19(5-9-21)27-25(15-30)24-11-10-22(14-26(24)33-27)36-23-12-13-35-16-23/h2-11,14,17,23,33H,12-13,16H2,1H3,(H2,31,32,34). The Balaban J connectivity index is 1.29. The molecular weight excluding hydrogens is 459 g/mol. The topological polar surface area (TPSA) is 99.2 Å². The molecule has 0 bridgehead atoms. The third kappa shape index (κ3) is 5.02. The van der Waals surface area contributed by atoms with Crippen molar-refractivity contribution in [3.63, 3.8) is 0 Å². The van der Waals surface area contributed by atoms with Crippen molar-refractivity contribution in [1.82, 2.24) is 10.3 Å². The van der Waals surface area contributed by atoms with Crippen LogP contribution in [0.15, 0.2) is 66.7 Å². The fourth-order valence-electron chi connectivity index (χ4n) is 4.30. The van der Waals surface area contributed by atoms with Gasteiger partial charge in [-0.3, -0.25) is 0 Å². The lowest BCUT2D eigenvalue weighted by molar-refractivity contribution is 0.141. The number of anilines is 1. The average Bonchev–Trinajstić information content (AvgIpc) is 3.52. The molecule has 0 radical (unpaired) electrons. The zero-order valence-corrected chi connectivity index (χ0v) is 19.7. The molecule has 36 heavy (non-hydrogen) atoms. The lowest BCUT2D eigenvalue weighted by atomic mass is 10.1. The molecule has 2 atom stereocenters. The van der Waals surface area contributed by atoms with E-state index in [1.165, 1.54) is 12.1 Å². The van der Waals surface area contributed by atoms with Gasteiger partial charge in [-0.05, 0) is 54.4 Å².